The molecule has 2 aromatic rings. The number of esters is 1. The van der Waals surface area contributed by atoms with Crippen LogP contribution in [0.2, 0.25) is 5.02 Å². The fourth-order valence-electron chi connectivity index (χ4n) is 4.01. The minimum absolute atomic E-state index is 0.204. The summed E-state index contributed by atoms with van der Waals surface area (Å²) in [5.74, 6) is -0.779. The lowest BCUT2D eigenvalue weighted by Gasteiger charge is -2.25. The highest BCUT2D eigenvalue weighted by Crippen LogP contribution is 2.17. The van der Waals surface area contributed by atoms with E-state index >= 15 is 0 Å². The number of nitrogens with two attached hydrogens (primary N) is 1. The van der Waals surface area contributed by atoms with Gasteiger partial charge in [-0.2, -0.15) is 0 Å². The topological polar surface area (TPSA) is 111 Å². The number of ether oxygens (including phenoxy) is 2. The van der Waals surface area contributed by atoms with Gasteiger partial charge >= 0.3 is 5.97 Å². The summed E-state index contributed by atoms with van der Waals surface area (Å²) in [4.78, 5) is 12.7. The fourth-order valence-corrected chi connectivity index (χ4v) is 5.86. The number of benzene rings is 2. The Kier molecular flexibility index (Phi) is 13.5. The molecular formula is C27H39ClFN3O5S. The second kappa shape index (κ2) is 16.0. The molecule has 2 rings (SSSR count). The van der Waals surface area contributed by atoms with Crippen molar-refractivity contribution in [3.8, 4) is 5.75 Å². The summed E-state index contributed by atoms with van der Waals surface area (Å²) in [7, 11) is -2.01. The van der Waals surface area contributed by atoms with Crippen LogP contribution in [-0.2, 0) is 32.5 Å². The lowest BCUT2D eigenvalue weighted by Crippen LogP contribution is -2.46. The van der Waals surface area contributed by atoms with E-state index in [2.05, 4.69) is 5.32 Å². The van der Waals surface area contributed by atoms with Crippen LogP contribution in [0.1, 0.15) is 44.2 Å². The molecule has 2 atom stereocenters. The third-order valence-electron chi connectivity index (χ3n) is 5.87. The number of hydrogen-bond donors (Lipinski definition) is 2. The van der Waals surface area contributed by atoms with Crippen LogP contribution < -0.4 is 15.8 Å². The summed E-state index contributed by atoms with van der Waals surface area (Å²) in [5, 5.41) is 3.47. The third-order valence-corrected chi connectivity index (χ3v) is 7.96. The summed E-state index contributed by atoms with van der Waals surface area (Å²) >= 11 is 5.98. The molecule has 38 heavy (non-hydrogen) atoms. The van der Waals surface area contributed by atoms with Crippen molar-refractivity contribution in [2.24, 2.45) is 5.73 Å². The molecule has 11 heteroatoms. The number of hydrogen-bond acceptors (Lipinski definition) is 7. The molecule has 0 aromatic heterocycles. The zero-order valence-electron chi connectivity index (χ0n) is 22.3. The Labute approximate surface area is 230 Å². The minimum Gasteiger partial charge on any atom is -0.497 e. The van der Waals surface area contributed by atoms with Gasteiger partial charge in [0.05, 0.1) is 19.3 Å². The number of methoxy groups -OCH3 is 1. The summed E-state index contributed by atoms with van der Waals surface area (Å²) in [6.45, 7) is 5.29. The van der Waals surface area contributed by atoms with Crippen LogP contribution in [0.15, 0.2) is 42.5 Å². The molecule has 0 radical (unpaired) electrons. The van der Waals surface area contributed by atoms with E-state index in [9.17, 15) is 17.6 Å². The second-order valence-corrected chi connectivity index (χ2v) is 11.6. The van der Waals surface area contributed by atoms with Crippen molar-refractivity contribution in [2.45, 2.75) is 58.2 Å². The zero-order chi connectivity index (χ0) is 28.1. The number of nitrogens with zero attached hydrogens (tertiary/aromatic N) is 1. The van der Waals surface area contributed by atoms with Crippen molar-refractivity contribution >= 4 is 27.6 Å². The van der Waals surface area contributed by atoms with Crippen LogP contribution in [0.25, 0.3) is 0 Å². The highest BCUT2D eigenvalue weighted by Gasteiger charge is 2.26. The van der Waals surface area contributed by atoms with Gasteiger partial charge in [0.2, 0.25) is 10.0 Å². The van der Waals surface area contributed by atoms with Gasteiger partial charge in [-0.15, -0.1) is 0 Å². The molecule has 3 N–H and O–H groups in total. The Morgan fingerprint density at radius 1 is 1.13 bits per heavy atom. The van der Waals surface area contributed by atoms with Gasteiger partial charge in [0.25, 0.3) is 0 Å². The molecule has 2 aromatic carbocycles. The molecule has 0 aliphatic rings. The van der Waals surface area contributed by atoms with E-state index in [1.807, 2.05) is 38.1 Å². The van der Waals surface area contributed by atoms with Crippen LogP contribution in [0.5, 0.6) is 5.75 Å². The number of sulfonamides is 1. The fraction of sp³-hybridized carbons (Fsp3) is 0.519. The quantitative estimate of drug-likeness (QED) is 0.277. The molecule has 0 heterocycles. The number of halogens is 2. The molecule has 0 aliphatic carbocycles. The second-order valence-electron chi connectivity index (χ2n) is 9.12. The summed E-state index contributed by atoms with van der Waals surface area (Å²) in [5.41, 5.74) is 7.92. The lowest BCUT2D eigenvalue weighted by atomic mass is 10.0. The SMILES string of the molecule is CCCN(CCC)S(=O)(=O)CCC(=O)OC(CNCc1cccc(OC)c1)C(N)Cc1cc(F)cc(Cl)c1. The first kappa shape index (κ1) is 32.0. The predicted molar refractivity (Wildman–Crippen MR) is 148 cm³/mol. The van der Waals surface area contributed by atoms with Crippen molar-refractivity contribution in [3.63, 3.8) is 0 Å². The van der Waals surface area contributed by atoms with Gasteiger partial charge in [-0.3, -0.25) is 4.79 Å². The third kappa shape index (κ3) is 10.9. The Morgan fingerprint density at radius 3 is 2.47 bits per heavy atom. The standard InChI is InChI=1S/C27H39ClFN3O5S/c1-4-10-32(11-5-2)38(34,35)12-9-27(33)37-26(19-31-18-20-7-6-8-24(15-20)36-3)25(30)16-21-13-22(28)17-23(29)14-21/h6-8,13-15,17,25-26,31H,4-5,9-12,16,18-19,30H2,1-3H3. The summed E-state index contributed by atoms with van der Waals surface area (Å²) in [6.07, 6.45) is 0.486. The van der Waals surface area contributed by atoms with Crippen molar-refractivity contribution in [1.82, 2.24) is 9.62 Å². The maximum absolute atomic E-state index is 13.8. The van der Waals surface area contributed by atoms with E-state index in [4.69, 9.17) is 26.8 Å². The Balaban J connectivity index is 2.08. The molecule has 0 saturated heterocycles. The molecule has 0 aliphatic heterocycles. The van der Waals surface area contributed by atoms with Gasteiger partial charge in [-0.05, 0) is 60.7 Å². The smallest absolute Gasteiger partial charge is 0.307 e. The maximum atomic E-state index is 13.8. The van der Waals surface area contributed by atoms with Gasteiger partial charge in [0.1, 0.15) is 17.7 Å². The van der Waals surface area contributed by atoms with Gasteiger partial charge in [-0.1, -0.05) is 37.6 Å². The highest BCUT2D eigenvalue weighted by atomic mass is 35.5. The van der Waals surface area contributed by atoms with E-state index in [1.165, 1.54) is 16.4 Å². The zero-order valence-corrected chi connectivity index (χ0v) is 23.9. The molecule has 0 saturated carbocycles. The monoisotopic (exact) mass is 571 g/mol. The summed E-state index contributed by atoms with van der Waals surface area (Å²) < 4.78 is 51.6. The van der Waals surface area contributed by atoms with Gasteiger partial charge in [0, 0.05) is 37.2 Å². The molecule has 0 spiro atoms. The number of carbonyl (C=O) groups excluding carboxylic acids is 1. The van der Waals surface area contributed by atoms with Crippen molar-refractivity contribution in [1.29, 1.82) is 0 Å². The van der Waals surface area contributed by atoms with Gasteiger partial charge in [0.15, 0.2) is 0 Å². The number of nitrogens with one attached hydrogen (secondary N) is 1. The predicted octanol–water partition coefficient (Wildman–Crippen LogP) is 3.90. The number of rotatable bonds is 17. The molecule has 8 nitrogen and oxygen atoms in total. The van der Waals surface area contributed by atoms with Gasteiger partial charge in [-0.25, -0.2) is 17.1 Å². The van der Waals surface area contributed by atoms with E-state index in [-0.39, 0.29) is 30.2 Å². The van der Waals surface area contributed by atoms with Crippen molar-refractivity contribution in [3.05, 3.63) is 64.4 Å². The average molecular weight is 572 g/mol. The average Bonchev–Trinajstić information content (AvgIpc) is 2.86. The first-order valence-electron chi connectivity index (χ1n) is 12.8. The Bertz CT molecular complexity index is 1110. The maximum Gasteiger partial charge on any atom is 0.307 e. The lowest BCUT2D eigenvalue weighted by molar-refractivity contribution is -0.149. The molecule has 0 bridgehead atoms. The van der Waals surface area contributed by atoms with E-state index in [0.717, 1.165) is 5.56 Å². The van der Waals surface area contributed by atoms with E-state index < -0.39 is 34.0 Å². The van der Waals surface area contributed by atoms with Crippen LogP contribution in [-0.4, -0.2) is 63.3 Å². The summed E-state index contributed by atoms with van der Waals surface area (Å²) in [6, 6.07) is 11.0. The van der Waals surface area contributed by atoms with Crippen molar-refractivity contribution in [2.75, 3.05) is 32.5 Å². The Hall–Kier alpha value is -2.24. The molecule has 0 fully saturated rings. The van der Waals surface area contributed by atoms with Crippen LogP contribution in [0, 0.1) is 5.82 Å². The number of carbonyl (C=O) groups is 1. The van der Waals surface area contributed by atoms with E-state index in [0.29, 0.717) is 43.8 Å². The minimum atomic E-state index is -3.60. The first-order valence-corrected chi connectivity index (χ1v) is 14.8. The first-order chi connectivity index (χ1) is 18.1. The van der Waals surface area contributed by atoms with E-state index in [1.54, 1.807) is 13.2 Å². The largest absolute Gasteiger partial charge is 0.497 e. The molecule has 0 amide bonds. The molecular weight excluding hydrogens is 533 g/mol. The van der Waals surface area contributed by atoms with Gasteiger partial charge < -0.3 is 20.5 Å². The normalized spacial score (nSPS) is 13.3. The Morgan fingerprint density at radius 2 is 1.84 bits per heavy atom. The van der Waals surface area contributed by atoms with Crippen LogP contribution in [0.4, 0.5) is 4.39 Å². The highest BCUT2D eigenvalue weighted by molar-refractivity contribution is 7.89. The molecule has 212 valence electrons. The van der Waals surface area contributed by atoms with Crippen molar-refractivity contribution < 1.29 is 27.1 Å². The molecule has 2 unspecified atom stereocenters. The van der Waals surface area contributed by atoms with Crippen LogP contribution >= 0.6 is 11.6 Å². The van der Waals surface area contributed by atoms with Crippen LogP contribution in [0.3, 0.4) is 0 Å².